The Morgan fingerprint density at radius 2 is 2.12 bits per heavy atom. The van der Waals surface area contributed by atoms with E-state index in [0.29, 0.717) is 25.2 Å². The van der Waals surface area contributed by atoms with Gasteiger partial charge in [-0.05, 0) is 40.0 Å². The highest BCUT2D eigenvalue weighted by molar-refractivity contribution is 6.29. The van der Waals surface area contributed by atoms with E-state index in [1.54, 1.807) is 4.90 Å². The fourth-order valence-electron chi connectivity index (χ4n) is 2.82. The second-order valence-corrected chi connectivity index (χ2v) is 7.49. The molecule has 0 bridgehead atoms. The van der Waals surface area contributed by atoms with Crippen molar-refractivity contribution in [3.05, 3.63) is 16.9 Å². The van der Waals surface area contributed by atoms with Crippen LogP contribution in [0.2, 0.25) is 5.15 Å². The minimum absolute atomic E-state index is 0.0762. The first kappa shape index (κ1) is 20.2. The maximum absolute atomic E-state index is 12.3. The van der Waals surface area contributed by atoms with Gasteiger partial charge in [0.05, 0.1) is 12.8 Å². The molecule has 0 spiro atoms. The van der Waals surface area contributed by atoms with E-state index in [0.717, 1.165) is 12.8 Å². The first-order valence-electron chi connectivity index (χ1n) is 8.56. The van der Waals surface area contributed by atoms with Crippen LogP contribution in [0, 0.1) is 0 Å². The zero-order valence-electron chi connectivity index (χ0n) is 15.5. The van der Waals surface area contributed by atoms with Gasteiger partial charge < -0.3 is 19.7 Å². The molecule has 1 fully saturated rings. The normalized spacial score (nSPS) is 17.1. The molecule has 1 aromatic rings. The van der Waals surface area contributed by atoms with Crippen LogP contribution in [-0.2, 0) is 9.47 Å². The van der Waals surface area contributed by atoms with Crippen LogP contribution < -0.4 is 5.32 Å². The third kappa shape index (κ3) is 5.45. The Bertz CT molecular complexity index is 663. The number of amides is 1. The van der Waals surface area contributed by atoms with Gasteiger partial charge in [-0.25, -0.2) is 9.59 Å². The summed E-state index contributed by atoms with van der Waals surface area (Å²) < 4.78 is 10.2. The largest absolute Gasteiger partial charge is 0.464 e. The van der Waals surface area contributed by atoms with Crippen molar-refractivity contribution in [2.75, 3.05) is 25.5 Å². The SMILES string of the molecule is COC(=O)c1nnc(Cl)cc1NCCC1CCCN1C(=O)OC(C)(C)C. The average molecular weight is 385 g/mol. The maximum Gasteiger partial charge on any atom is 0.410 e. The zero-order valence-corrected chi connectivity index (χ0v) is 16.3. The molecule has 0 saturated carbocycles. The smallest absolute Gasteiger partial charge is 0.410 e. The molecular formula is C17H25ClN4O4. The van der Waals surface area contributed by atoms with Gasteiger partial charge in [-0.1, -0.05) is 11.6 Å². The summed E-state index contributed by atoms with van der Waals surface area (Å²) in [6.07, 6.45) is 2.28. The van der Waals surface area contributed by atoms with Crippen molar-refractivity contribution in [3.8, 4) is 0 Å². The van der Waals surface area contributed by atoms with Gasteiger partial charge in [-0.2, -0.15) is 0 Å². The molecule has 0 aromatic carbocycles. The predicted molar refractivity (Wildman–Crippen MR) is 97.5 cm³/mol. The van der Waals surface area contributed by atoms with Crippen LogP contribution in [0.3, 0.4) is 0 Å². The summed E-state index contributed by atoms with van der Waals surface area (Å²) in [4.78, 5) is 25.8. The first-order valence-corrected chi connectivity index (χ1v) is 8.94. The number of aromatic nitrogens is 2. The summed E-state index contributed by atoms with van der Waals surface area (Å²) in [5.74, 6) is -0.590. The van der Waals surface area contributed by atoms with Gasteiger partial charge in [-0.3, -0.25) is 0 Å². The lowest BCUT2D eigenvalue weighted by Gasteiger charge is -2.28. The fourth-order valence-corrected chi connectivity index (χ4v) is 2.97. The van der Waals surface area contributed by atoms with E-state index in [-0.39, 0.29) is 23.0 Å². The van der Waals surface area contributed by atoms with Crippen LogP contribution in [0.15, 0.2) is 6.07 Å². The molecule has 1 unspecified atom stereocenters. The van der Waals surface area contributed by atoms with Gasteiger partial charge in [0, 0.05) is 25.2 Å². The van der Waals surface area contributed by atoms with Crippen LogP contribution in [-0.4, -0.2) is 59.0 Å². The van der Waals surface area contributed by atoms with E-state index in [4.69, 9.17) is 21.1 Å². The third-order valence-electron chi connectivity index (χ3n) is 3.94. The molecule has 1 aliphatic rings. The molecule has 0 aliphatic carbocycles. The van der Waals surface area contributed by atoms with Crippen LogP contribution in [0.1, 0.15) is 50.5 Å². The van der Waals surface area contributed by atoms with Crippen molar-refractivity contribution in [3.63, 3.8) is 0 Å². The van der Waals surface area contributed by atoms with E-state index in [1.807, 2.05) is 20.8 Å². The Morgan fingerprint density at radius 1 is 1.38 bits per heavy atom. The molecule has 1 aromatic heterocycles. The summed E-state index contributed by atoms with van der Waals surface area (Å²) in [7, 11) is 1.28. The molecular weight excluding hydrogens is 360 g/mol. The molecule has 1 N–H and O–H groups in total. The summed E-state index contributed by atoms with van der Waals surface area (Å²) >= 11 is 5.86. The predicted octanol–water partition coefficient (Wildman–Crippen LogP) is 3.12. The van der Waals surface area contributed by atoms with E-state index in [1.165, 1.54) is 13.2 Å². The number of rotatable bonds is 5. The lowest BCUT2D eigenvalue weighted by atomic mass is 10.1. The second kappa shape index (κ2) is 8.53. The van der Waals surface area contributed by atoms with E-state index >= 15 is 0 Å². The monoisotopic (exact) mass is 384 g/mol. The number of hydrogen-bond acceptors (Lipinski definition) is 7. The standard InChI is InChI=1S/C17H25ClN4O4/c1-17(2,3)26-16(24)22-9-5-6-11(22)7-8-19-12-10-13(18)20-21-14(12)15(23)25-4/h10-11H,5-9H2,1-4H3,(H,19,20). The Labute approximate surface area is 158 Å². The molecule has 26 heavy (non-hydrogen) atoms. The molecule has 1 amide bonds. The molecule has 144 valence electrons. The van der Waals surface area contributed by atoms with E-state index in [9.17, 15) is 9.59 Å². The number of likely N-dealkylation sites (tertiary alicyclic amines) is 1. The number of ether oxygens (including phenoxy) is 2. The fraction of sp³-hybridized carbons (Fsp3) is 0.647. The minimum Gasteiger partial charge on any atom is -0.464 e. The molecule has 1 atom stereocenters. The Balaban J connectivity index is 1.96. The lowest BCUT2D eigenvalue weighted by Crippen LogP contribution is -2.40. The Kier molecular flexibility index (Phi) is 6.63. The van der Waals surface area contributed by atoms with E-state index < -0.39 is 11.6 Å². The third-order valence-corrected chi connectivity index (χ3v) is 4.13. The van der Waals surface area contributed by atoms with Gasteiger partial charge in [0.2, 0.25) is 0 Å². The van der Waals surface area contributed by atoms with Crippen molar-refractivity contribution in [2.24, 2.45) is 0 Å². The number of nitrogens with zero attached hydrogens (tertiary/aromatic N) is 3. The van der Waals surface area contributed by atoms with Gasteiger partial charge >= 0.3 is 12.1 Å². The summed E-state index contributed by atoms with van der Waals surface area (Å²) in [6, 6.07) is 1.62. The quantitative estimate of drug-likeness (QED) is 0.779. The highest BCUT2D eigenvalue weighted by Gasteiger charge is 2.31. The van der Waals surface area contributed by atoms with Gasteiger partial charge in [0.1, 0.15) is 5.60 Å². The molecule has 2 rings (SSSR count). The van der Waals surface area contributed by atoms with Gasteiger partial charge in [0.15, 0.2) is 10.8 Å². The highest BCUT2D eigenvalue weighted by Crippen LogP contribution is 2.24. The zero-order chi connectivity index (χ0) is 19.3. The molecule has 8 nitrogen and oxygen atoms in total. The van der Waals surface area contributed by atoms with Gasteiger partial charge in [-0.15, -0.1) is 10.2 Å². The summed E-state index contributed by atoms with van der Waals surface area (Å²) in [5, 5.41) is 10.8. The van der Waals surface area contributed by atoms with Crippen molar-refractivity contribution in [2.45, 2.75) is 51.7 Å². The number of hydrogen-bond donors (Lipinski definition) is 1. The number of methoxy groups -OCH3 is 1. The van der Waals surface area contributed by atoms with Crippen molar-refractivity contribution in [1.29, 1.82) is 0 Å². The van der Waals surface area contributed by atoms with Crippen LogP contribution in [0.25, 0.3) is 0 Å². The topological polar surface area (TPSA) is 93.6 Å². The molecule has 2 heterocycles. The lowest BCUT2D eigenvalue weighted by molar-refractivity contribution is 0.0223. The summed E-state index contributed by atoms with van der Waals surface area (Å²) in [5.41, 5.74) is 0.0168. The Morgan fingerprint density at radius 3 is 2.77 bits per heavy atom. The minimum atomic E-state index is -0.590. The number of halogens is 1. The highest BCUT2D eigenvalue weighted by atomic mass is 35.5. The first-order chi connectivity index (χ1) is 12.2. The summed E-state index contributed by atoms with van der Waals surface area (Å²) in [6.45, 7) is 6.79. The number of anilines is 1. The number of esters is 1. The Hall–Kier alpha value is -2.09. The molecule has 9 heteroatoms. The van der Waals surface area contributed by atoms with E-state index in [2.05, 4.69) is 15.5 Å². The van der Waals surface area contributed by atoms with Crippen molar-refractivity contribution >= 4 is 29.4 Å². The second-order valence-electron chi connectivity index (χ2n) is 7.11. The van der Waals surface area contributed by atoms with Crippen molar-refractivity contribution < 1.29 is 19.1 Å². The maximum atomic E-state index is 12.3. The van der Waals surface area contributed by atoms with Crippen LogP contribution in [0.4, 0.5) is 10.5 Å². The molecule has 1 saturated heterocycles. The number of carbonyl (C=O) groups excluding carboxylic acids is 2. The molecule has 0 radical (unpaired) electrons. The average Bonchev–Trinajstić information content (AvgIpc) is 3.01. The molecule has 1 aliphatic heterocycles. The number of carbonyl (C=O) groups is 2. The van der Waals surface area contributed by atoms with Crippen LogP contribution in [0.5, 0.6) is 0 Å². The number of nitrogens with one attached hydrogen (secondary N) is 1. The van der Waals surface area contributed by atoms with Gasteiger partial charge in [0.25, 0.3) is 0 Å². The van der Waals surface area contributed by atoms with Crippen LogP contribution >= 0.6 is 11.6 Å². The van der Waals surface area contributed by atoms with Crippen molar-refractivity contribution in [1.82, 2.24) is 15.1 Å².